The van der Waals surface area contributed by atoms with Crippen molar-refractivity contribution in [2.75, 3.05) is 20.3 Å². The number of benzene rings is 1. The number of hydrogen-bond acceptors (Lipinski definition) is 4. The Balaban J connectivity index is 2.53. The Kier molecular flexibility index (Phi) is 6.00. The van der Waals surface area contributed by atoms with E-state index in [-0.39, 0.29) is 12.4 Å². The van der Waals surface area contributed by atoms with Crippen molar-refractivity contribution >= 4 is 21.9 Å². The molecule has 0 saturated heterocycles. The fraction of sp³-hybridized carbons (Fsp3) is 0.417. The summed E-state index contributed by atoms with van der Waals surface area (Å²) in [4.78, 5) is 10.9. The zero-order chi connectivity index (χ0) is 12.7. The topological polar surface area (TPSA) is 61.5 Å². The van der Waals surface area contributed by atoms with Crippen molar-refractivity contribution in [2.24, 2.45) is 5.73 Å². The highest BCUT2D eigenvalue weighted by atomic mass is 79.9. The Morgan fingerprint density at radius 3 is 2.88 bits per heavy atom. The lowest BCUT2D eigenvalue weighted by atomic mass is 10.1. The van der Waals surface area contributed by atoms with Crippen molar-refractivity contribution in [3.63, 3.8) is 0 Å². The van der Waals surface area contributed by atoms with Gasteiger partial charge in [0.05, 0.1) is 20.1 Å². The van der Waals surface area contributed by atoms with Crippen molar-refractivity contribution in [2.45, 2.75) is 12.8 Å². The lowest BCUT2D eigenvalue weighted by Crippen LogP contribution is -2.08. The number of ether oxygens (including phenoxy) is 2. The molecule has 0 aromatic heterocycles. The maximum Gasteiger partial charge on any atom is 0.308 e. The summed E-state index contributed by atoms with van der Waals surface area (Å²) in [6.45, 7) is 0.903. The van der Waals surface area contributed by atoms with Gasteiger partial charge in [-0.25, -0.2) is 0 Å². The number of carbonyl (C=O) groups excluding carboxylic acids is 1. The molecule has 0 bridgehead atoms. The summed E-state index contributed by atoms with van der Waals surface area (Å²) in [5, 5.41) is 0. The Morgan fingerprint density at radius 2 is 2.24 bits per heavy atom. The lowest BCUT2D eigenvalue weighted by molar-refractivity contribution is -0.141. The number of methoxy groups -OCH3 is 1. The van der Waals surface area contributed by atoms with Gasteiger partial charge in [-0.05, 0) is 36.7 Å². The molecule has 17 heavy (non-hydrogen) atoms. The summed E-state index contributed by atoms with van der Waals surface area (Å²) in [7, 11) is 1.36. The number of rotatable bonds is 6. The second kappa shape index (κ2) is 7.29. The van der Waals surface area contributed by atoms with E-state index in [0.29, 0.717) is 13.2 Å². The largest absolute Gasteiger partial charge is 0.493 e. The van der Waals surface area contributed by atoms with Crippen molar-refractivity contribution in [3.05, 3.63) is 28.2 Å². The van der Waals surface area contributed by atoms with Crippen LogP contribution in [0.25, 0.3) is 0 Å². The SMILES string of the molecule is COC(=O)CCOc1ccc(Br)c(CCN)c1. The summed E-state index contributed by atoms with van der Waals surface area (Å²) in [5.74, 6) is 0.463. The number of hydrogen-bond donors (Lipinski definition) is 1. The molecular formula is C12H16BrNO3. The Labute approximate surface area is 109 Å². The molecule has 0 radical (unpaired) electrons. The van der Waals surface area contributed by atoms with Gasteiger partial charge in [0.15, 0.2) is 0 Å². The molecule has 2 N–H and O–H groups in total. The molecule has 0 fully saturated rings. The average Bonchev–Trinajstić information content (AvgIpc) is 2.33. The number of nitrogens with two attached hydrogens (primary N) is 1. The summed E-state index contributed by atoms with van der Waals surface area (Å²) in [6, 6.07) is 5.69. The van der Waals surface area contributed by atoms with Crippen LogP contribution in [0.1, 0.15) is 12.0 Å². The minimum Gasteiger partial charge on any atom is -0.493 e. The van der Waals surface area contributed by atoms with Gasteiger partial charge in [-0.15, -0.1) is 0 Å². The maximum absolute atomic E-state index is 10.9. The molecule has 5 heteroatoms. The Morgan fingerprint density at radius 1 is 1.47 bits per heavy atom. The minimum absolute atomic E-state index is 0.249. The molecule has 94 valence electrons. The van der Waals surface area contributed by atoms with Crippen LogP contribution in [0, 0.1) is 0 Å². The van der Waals surface area contributed by atoms with Gasteiger partial charge in [-0.3, -0.25) is 4.79 Å². The highest BCUT2D eigenvalue weighted by molar-refractivity contribution is 9.10. The molecule has 0 aliphatic heterocycles. The zero-order valence-corrected chi connectivity index (χ0v) is 11.3. The highest BCUT2D eigenvalue weighted by Gasteiger charge is 2.04. The fourth-order valence-electron chi connectivity index (χ4n) is 1.34. The third kappa shape index (κ3) is 4.75. The van der Waals surface area contributed by atoms with Gasteiger partial charge in [0.2, 0.25) is 0 Å². The first-order valence-electron chi connectivity index (χ1n) is 5.35. The van der Waals surface area contributed by atoms with Gasteiger partial charge in [-0.2, -0.15) is 0 Å². The van der Waals surface area contributed by atoms with Crippen LogP contribution >= 0.6 is 15.9 Å². The van der Waals surface area contributed by atoms with E-state index in [1.54, 1.807) is 0 Å². The van der Waals surface area contributed by atoms with Gasteiger partial charge >= 0.3 is 5.97 Å². The Hall–Kier alpha value is -1.07. The van der Waals surface area contributed by atoms with Crippen molar-refractivity contribution < 1.29 is 14.3 Å². The second-order valence-corrected chi connectivity index (χ2v) is 4.32. The second-order valence-electron chi connectivity index (χ2n) is 3.47. The van der Waals surface area contributed by atoms with Crippen molar-refractivity contribution in [1.82, 2.24) is 0 Å². The first kappa shape index (κ1) is 14.0. The zero-order valence-electron chi connectivity index (χ0n) is 9.74. The molecule has 4 nitrogen and oxygen atoms in total. The molecule has 0 saturated carbocycles. The molecule has 1 aromatic carbocycles. The monoisotopic (exact) mass is 301 g/mol. The maximum atomic E-state index is 10.9. The third-order valence-electron chi connectivity index (χ3n) is 2.23. The molecule has 0 heterocycles. The standard InChI is InChI=1S/C12H16BrNO3/c1-16-12(15)5-7-17-10-2-3-11(13)9(8-10)4-6-14/h2-3,8H,4-7,14H2,1H3. The van der Waals surface area contributed by atoms with Crippen LogP contribution in [0.15, 0.2) is 22.7 Å². The molecule has 1 rings (SSSR count). The van der Waals surface area contributed by atoms with Gasteiger partial charge in [0, 0.05) is 4.47 Å². The first-order valence-corrected chi connectivity index (χ1v) is 6.14. The quantitative estimate of drug-likeness (QED) is 0.815. The predicted molar refractivity (Wildman–Crippen MR) is 69.0 cm³/mol. The van der Waals surface area contributed by atoms with Crippen LogP contribution < -0.4 is 10.5 Å². The Bertz CT molecular complexity index is 382. The van der Waals surface area contributed by atoms with Crippen LogP contribution in [0.2, 0.25) is 0 Å². The summed E-state index contributed by atoms with van der Waals surface area (Å²) in [5.41, 5.74) is 6.61. The van der Waals surface area contributed by atoms with E-state index < -0.39 is 0 Å². The summed E-state index contributed by atoms with van der Waals surface area (Å²) in [6.07, 6.45) is 1.04. The predicted octanol–water partition coefficient (Wildman–Crippen LogP) is 1.89. The minimum atomic E-state index is -0.274. The molecule has 0 aliphatic carbocycles. The van der Waals surface area contributed by atoms with E-state index >= 15 is 0 Å². The molecule has 0 aliphatic rings. The van der Waals surface area contributed by atoms with Gasteiger partial charge in [0.25, 0.3) is 0 Å². The molecule has 1 aromatic rings. The van der Waals surface area contributed by atoms with Crippen LogP contribution in [-0.2, 0) is 16.0 Å². The van der Waals surface area contributed by atoms with E-state index in [4.69, 9.17) is 10.5 Å². The molecule has 0 atom stereocenters. The van der Waals surface area contributed by atoms with E-state index in [0.717, 1.165) is 22.2 Å². The highest BCUT2D eigenvalue weighted by Crippen LogP contribution is 2.23. The van der Waals surface area contributed by atoms with Crippen LogP contribution in [0.3, 0.4) is 0 Å². The average molecular weight is 302 g/mol. The summed E-state index contributed by atoms with van der Waals surface area (Å²) < 4.78 is 11.0. The molecule has 0 amide bonds. The molecule has 0 unspecified atom stereocenters. The van der Waals surface area contributed by atoms with Crippen LogP contribution in [-0.4, -0.2) is 26.2 Å². The van der Waals surface area contributed by atoms with E-state index in [9.17, 15) is 4.79 Å². The van der Waals surface area contributed by atoms with Crippen molar-refractivity contribution in [3.8, 4) is 5.75 Å². The number of esters is 1. The van der Waals surface area contributed by atoms with E-state index in [2.05, 4.69) is 20.7 Å². The van der Waals surface area contributed by atoms with Crippen LogP contribution in [0.5, 0.6) is 5.75 Å². The number of halogens is 1. The normalized spacial score (nSPS) is 10.1. The molecule has 0 spiro atoms. The fourth-order valence-corrected chi connectivity index (χ4v) is 1.79. The van der Waals surface area contributed by atoms with E-state index in [1.165, 1.54) is 7.11 Å². The van der Waals surface area contributed by atoms with Gasteiger partial charge < -0.3 is 15.2 Å². The molecular weight excluding hydrogens is 286 g/mol. The first-order chi connectivity index (χ1) is 8.17. The smallest absolute Gasteiger partial charge is 0.308 e. The van der Waals surface area contributed by atoms with Crippen LogP contribution in [0.4, 0.5) is 0 Å². The lowest BCUT2D eigenvalue weighted by Gasteiger charge is -2.08. The van der Waals surface area contributed by atoms with E-state index in [1.807, 2.05) is 18.2 Å². The third-order valence-corrected chi connectivity index (χ3v) is 3.01. The summed E-state index contributed by atoms with van der Waals surface area (Å²) >= 11 is 3.45. The number of carbonyl (C=O) groups is 1. The van der Waals surface area contributed by atoms with Crippen molar-refractivity contribution in [1.29, 1.82) is 0 Å². The van der Waals surface area contributed by atoms with Gasteiger partial charge in [-0.1, -0.05) is 15.9 Å². The van der Waals surface area contributed by atoms with Gasteiger partial charge in [0.1, 0.15) is 5.75 Å².